The van der Waals surface area contributed by atoms with Gasteiger partial charge in [-0.15, -0.1) is 0 Å². The molecule has 1 aromatic heterocycles. The predicted molar refractivity (Wildman–Crippen MR) is 71.8 cm³/mol. The largest absolute Gasteiger partial charge is 0.493 e. The summed E-state index contributed by atoms with van der Waals surface area (Å²) in [6.45, 7) is 2.32. The highest BCUT2D eigenvalue weighted by Crippen LogP contribution is 2.26. The van der Waals surface area contributed by atoms with Crippen LogP contribution in [-0.2, 0) is 12.8 Å². The highest BCUT2D eigenvalue weighted by molar-refractivity contribution is 5.91. The van der Waals surface area contributed by atoms with Crippen molar-refractivity contribution in [3.63, 3.8) is 0 Å². The molecule has 0 saturated carbocycles. The molecule has 1 aromatic carbocycles. The predicted octanol–water partition coefficient (Wildman–Crippen LogP) is 3.40. The fourth-order valence-electron chi connectivity index (χ4n) is 2.39. The molecule has 0 radical (unpaired) electrons. The van der Waals surface area contributed by atoms with Crippen molar-refractivity contribution in [2.75, 3.05) is 6.61 Å². The summed E-state index contributed by atoms with van der Waals surface area (Å²) in [6.07, 6.45) is 2.85. The molecule has 1 aliphatic heterocycles. The van der Waals surface area contributed by atoms with Crippen LogP contribution in [0.25, 0.3) is 0 Å². The summed E-state index contributed by atoms with van der Waals surface area (Å²) in [5, 5.41) is 0. The Morgan fingerprint density at radius 3 is 2.95 bits per heavy atom. The molecule has 2 aromatic rings. The lowest BCUT2D eigenvalue weighted by atomic mass is 10.0. The number of carbonyl (C=O) groups excluding carboxylic acids is 1. The second-order valence-electron chi connectivity index (χ2n) is 4.89. The molecule has 0 fully saturated rings. The average Bonchev–Trinajstić information content (AvgIpc) is 2.87. The van der Waals surface area contributed by atoms with E-state index in [0.717, 1.165) is 31.0 Å². The maximum atomic E-state index is 11.2. The summed E-state index contributed by atoms with van der Waals surface area (Å²) in [5.74, 6) is 2.21. The van der Waals surface area contributed by atoms with E-state index in [9.17, 15) is 4.79 Å². The number of aryl methyl sites for hydroxylation is 1. The standard InChI is InChI=1S/C16H16O3/c1-11(17)15-7-5-14(19-15)10-12-4-6-16-13(9-12)3-2-8-18-16/h4-7,9H,2-3,8,10H2,1H3. The molecule has 0 unspecified atom stereocenters. The smallest absolute Gasteiger partial charge is 0.194 e. The number of ether oxygens (including phenoxy) is 1. The zero-order valence-electron chi connectivity index (χ0n) is 10.9. The molecule has 0 bridgehead atoms. The SMILES string of the molecule is CC(=O)c1ccc(Cc2ccc3c(c2)CCCO3)o1. The molecule has 19 heavy (non-hydrogen) atoms. The van der Waals surface area contributed by atoms with Gasteiger partial charge in [0.15, 0.2) is 11.5 Å². The zero-order chi connectivity index (χ0) is 13.2. The lowest BCUT2D eigenvalue weighted by Gasteiger charge is -2.17. The Morgan fingerprint density at radius 2 is 2.16 bits per heavy atom. The van der Waals surface area contributed by atoms with E-state index < -0.39 is 0 Å². The van der Waals surface area contributed by atoms with Crippen LogP contribution in [0.3, 0.4) is 0 Å². The number of benzene rings is 1. The number of hydrogen-bond donors (Lipinski definition) is 0. The fourth-order valence-corrected chi connectivity index (χ4v) is 2.39. The molecule has 3 heteroatoms. The van der Waals surface area contributed by atoms with Gasteiger partial charge in [-0.1, -0.05) is 12.1 Å². The summed E-state index contributed by atoms with van der Waals surface area (Å²) in [6, 6.07) is 9.86. The molecule has 0 aliphatic carbocycles. The first kappa shape index (κ1) is 12.0. The summed E-state index contributed by atoms with van der Waals surface area (Å²) < 4.78 is 11.1. The van der Waals surface area contributed by atoms with E-state index in [4.69, 9.17) is 9.15 Å². The molecule has 0 spiro atoms. The zero-order valence-corrected chi connectivity index (χ0v) is 10.9. The van der Waals surface area contributed by atoms with Gasteiger partial charge in [0.2, 0.25) is 0 Å². The molecule has 0 amide bonds. The van der Waals surface area contributed by atoms with Crippen molar-refractivity contribution in [1.29, 1.82) is 0 Å². The number of furan rings is 1. The van der Waals surface area contributed by atoms with Crippen LogP contribution in [0, 0.1) is 0 Å². The van der Waals surface area contributed by atoms with Gasteiger partial charge in [0, 0.05) is 13.3 Å². The van der Waals surface area contributed by atoms with E-state index in [1.54, 1.807) is 6.07 Å². The Labute approximate surface area is 112 Å². The van der Waals surface area contributed by atoms with Crippen LogP contribution in [0.2, 0.25) is 0 Å². The molecule has 0 saturated heterocycles. The topological polar surface area (TPSA) is 39.4 Å². The highest BCUT2D eigenvalue weighted by atomic mass is 16.5. The van der Waals surface area contributed by atoms with Gasteiger partial charge in [0.25, 0.3) is 0 Å². The Hall–Kier alpha value is -2.03. The van der Waals surface area contributed by atoms with Gasteiger partial charge in [-0.3, -0.25) is 4.79 Å². The normalized spacial score (nSPS) is 13.7. The molecule has 0 atom stereocenters. The summed E-state index contributed by atoms with van der Waals surface area (Å²) in [5.41, 5.74) is 2.45. The number of ketones is 1. The van der Waals surface area contributed by atoms with Gasteiger partial charge in [0.05, 0.1) is 6.61 Å². The van der Waals surface area contributed by atoms with Gasteiger partial charge in [-0.05, 0) is 42.2 Å². The maximum absolute atomic E-state index is 11.2. The number of hydrogen-bond acceptors (Lipinski definition) is 3. The van der Waals surface area contributed by atoms with Crippen molar-refractivity contribution >= 4 is 5.78 Å². The fraction of sp³-hybridized carbons (Fsp3) is 0.312. The van der Waals surface area contributed by atoms with Crippen molar-refractivity contribution in [2.24, 2.45) is 0 Å². The second kappa shape index (κ2) is 4.92. The maximum Gasteiger partial charge on any atom is 0.194 e. The van der Waals surface area contributed by atoms with Crippen LogP contribution in [0.1, 0.15) is 40.8 Å². The van der Waals surface area contributed by atoms with Crippen LogP contribution >= 0.6 is 0 Å². The van der Waals surface area contributed by atoms with E-state index in [1.807, 2.05) is 12.1 Å². The quantitative estimate of drug-likeness (QED) is 0.790. The van der Waals surface area contributed by atoms with Gasteiger partial charge in [-0.25, -0.2) is 0 Å². The third-order valence-electron chi connectivity index (χ3n) is 3.36. The van der Waals surface area contributed by atoms with E-state index in [0.29, 0.717) is 12.2 Å². The molecule has 3 nitrogen and oxygen atoms in total. The Balaban J connectivity index is 1.80. The summed E-state index contributed by atoms with van der Waals surface area (Å²) in [7, 11) is 0. The van der Waals surface area contributed by atoms with Crippen molar-refractivity contribution < 1.29 is 13.9 Å². The molecular formula is C16H16O3. The van der Waals surface area contributed by atoms with E-state index in [-0.39, 0.29) is 5.78 Å². The summed E-state index contributed by atoms with van der Waals surface area (Å²) >= 11 is 0. The number of carbonyl (C=O) groups is 1. The van der Waals surface area contributed by atoms with Crippen LogP contribution in [0.5, 0.6) is 5.75 Å². The lowest BCUT2D eigenvalue weighted by molar-refractivity contribution is 0.0985. The van der Waals surface area contributed by atoms with Crippen molar-refractivity contribution in [3.8, 4) is 5.75 Å². The first-order valence-electron chi connectivity index (χ1n) is 6.56. The average molecular weight is 256 g/mol. The molecule has 3 rings (SSSR count). The number of fused-ring (bicyclic) bond motifs is 1. The molecule has 1 aliphatic rings. The number of rotatable bonds is 3. The van der Waals surface area contributed by atoms with Crippen LogP contribution in [-0.4, -0.2) is 12.4 Å². The van der Waals surface area contributed by atoms with Crippen LogP contribution in [0.4, 0.5) is 0 Å². The van der Waals surface area contributed by atoms with E-state index in [2.05, 4.69) is 12.1 Å². The molecular weight excluding hydrogens is 240 g/mol. The molecule has 0 N–H and O–H groups in total. The molecule has 2 heterocycles. The summed E-state index contributed by atoms with van der Waals surface area (Å²) in [4.78, 5) is 11.2. The molecule has 98 valence electrons. The lowest BCUT2D eigenvalue weighted by Crippen LogP contribution is -2.08. The van der Waals surface area contributed by atoms with Gasteiger partial charge in [-0.2, -0.15) is 0 Å². The van der Waals surface area contributed by atoms with Gasteiger partial charge in [0.1, 0.15) is 11.5 Å². The van der Waals surface area contributed by atoms with Crippen molar-refractivity contribution in [1.82, 2.24) is 0 Å². The minimum atomic E-state index is -0.0370. The second-order valence-corrected chi connectivity index (χ2v) is 4.89. The highest BCUT2D eigenvalue weighted by Gasteiger charge is 2.12. The third kappa shape index (κ3) is 2.55. The minimum Gasteiger partial charge on any atom is -0.493 e. The van der Waals surface area contributed by atoms with Gasteiger partial charge < -0.3 is 9.15 Å². The van der Waals surface area contributed by atoms with Crippen LogP contribution in [0.15, 0.2) is 34.7 Å². The monoisotopic (exact) mass is 256 g/mol. The number of Topliss-reactive ketones (excluding diaryl/α,β-unsaturated/α-hetero) is 1. The van der Waals surface area contributed by atoms with Gasteiger partial charge >= 0.3 is 0 Å². The first-order valence-corrected chi connectivity index (χ1v) is 6.56. The minimum absolute atomic E-state index is 0.0370. The van der Waals surface area contributed by atoms with Crippen molar-refractivity contribution in [3.05, 3.63) is 53.0 Å². The third-order valence-corrected chi connectivity index (χ3v) is 3.36. The van der Waals surface area contributed by atoms with Crippen LogP contribution < -0.4 is 4.74 Å². The van der Waals surface area contributed by atoms with E-state index >= 15 is 0 Å². The Kier molecular flexibility index (Phi) is 3.11. The first-order chi connectivity index (χ1) is 9.22. The van der Waals surface area contributed by atoms with Crippen molar-refractivity contribution in [2.45, 2.75) is 26.2 Å². The van der Waals surface area contributed by atoms with E-state index in [1.165, 1.54) is 18.1 Å². The Bertz CT molecular complexity index is 610. The Morgan fingerprint density at radius 1 is 1.26 bits per heavy atom.